The highest BCUT2D eigenvalue weighted by Gasteiger charge is 2.26. The Labute approximate surface area is 156 Å². The summed E-state index contributed by atoms with van der Waals surface area (Å²) in [5.41, 5.74) is 1.07. The van der Waals surface area contributed by atoms with Crippen molar-refractivity contribution in [2.24, 2.45) is 5.92 Å². The Hall–Kier alpha value is -3.36. The van der Waals surface area contributed by atoms with Crippen LogP contribution in [0.1, 0.15) is 18.4 Å². The molecule has 27 heavy (non-hydrogen) atoms. The van der Waals surface area contributed by atoms with E-state index in [1.165, 1.54) is 6.33 Å². The first kappa shape index (κ1) is 17.1. The summed E-state index contributed by atoms with van der Waals surface area (Å²) < 4.78 is 1.56. The van der Waals surface area contributed by atoms with Gasteiger partial charge in [0.2, 0.25) is 5.91 Å². The number of nitrogens with one attached hydrogen (secondary N) is 1. The van der Waals surface area contributed by atoms with E-state index in [1.807, 2.05) is 31.2 Å². The molecule has 3 aromatic heterocycles. The van der Waals surface area contributed by atoms with Crippen molar-refractivity contribution in [3.05, 3.63) is 48.7 Å². The molecule has 0 aliphatic carbocycles. The van der Waals surface area contributed by atoms with Crippen molar-refractivity contribution >= 4 is 17.5 Å². The van der Waals surface area contributed by atoms with Gasteiger partial charge in [-0.2, -0.15) is 5.10 Å². The maximum Gasteiger partial charge on any atom is 0.228 e. The lowest BCUT2D eigenvalue weighted by atomic mass is 9.96. The van der Waals surface area contributed by atoms with E-state index in [0.29, 0.717) is 11.6 Å². The van der Waals surface area contributed by atoms with Crippen LogP contribution in [0.5, 0.6) is 0 Å². The molecule has 1 aliphatic heterocycles. The average molecular weight is 364 g/mol. The minimum atomic E-state index is -0.0223. The molecule has 0 radical (unpaired) electrons. The van der Waals surface area contributed by atoms with Crippen LogP contribution in [0.3, 0.4) is 0 Å². The molecular formula is C18H20N8O. The molecule has 0 unspecified atom stereocenters. The van der Waals surface area contributed by atoms with Crippen LogP contribution in [-0.4, -0.2) is 48.9 Å². The molecular weight excluding hydrogens is 344 g/mol. The Morgan fingerprint density at radius 1 is 1.15 bits per heavy atom. The SMILES string of the molecule is Cc1ccnc(NC(=O)C2CCN(c3ccc(-n4cncn4)nn3)CC2)c1. The van der Waals surface area contributed by atoms with Crippen molar-refractivity contribution in [1.82, 2.24) is 29.9 Å². The molecule has 0 spiro atoms. The molecule has 1 aliphatic rings. The van der Waals surface area contributed by atoms with Gasteiger partial charge in [0.15, 0.2) is 11.6 Å². The second-order valence-electron chi connectivity index (χ2n) is 6.56. The third-order valence-electron chi connectivity index (χ3n) is 4.65. The lowest BCUT2D eigenvalue weighted by Crippen LogP contribution is -2.38. The van der Waals surface area contributed by atoms with E-state index >= 15 is 0 Å². The molecule has 0 bridgehead atoms. The molecule has 0 atom stereocenters. The average Bonchev–Trinajstić information content (AvgIpc) is 3.23. The molecule has 9 heteroatoms. The van der Waals surface area contributed by atoms with Gasteiger partial charge in [0, 0.05) is 25.2 Å². The molecule has 1 amide bonds. The highest BCUT2D eigenvalue weighted by molar-refractivity contribution is 5.91. The van der Waals surface area contributed by atoms with Crippen LogP contribution in [0.25, 0.3) is 5.82 Å². The Morgan fingerprint density at radius 2 is 1.93 bits per heavy atom. The molecule has 4 heterocycles. The minimum absolute atomic E-state index is 0.0223. The summed E-state index contributed by atoms with van der Waals surface area (Å²) in [5, 5.41) is 15.4. The predicted molar refractivity (Wildman–Crippen MR) is 99.5 cm³/mol. The fourth-order valence-electron chi connectivity index (χ4n) is 3.14. The van der Waals surface area contributed by atoms with E-state index in [2.05, 4.69) is 35.5 Å². The van der Waals surface area contributed by atoms with Gasteiger partial charge < -0.3 is 10.2 Å². The third kappa shape index (κ3) is 3.91. The second-order valence-corrected chi connectivity index (χ2v) is 6.56. The summed E-state index contributed by atoms with van der Waals surface area (Å²) in [5.74, 6) is 2.04. The molecule has 3 aromatic rings. The summed E-state index contributed by atoms with van der Waals surface area (Å²) in [6, 6.07) is 7.56. The van der Waals surface area contributed by atoms with Crippen LogP contribution < -0.4 is 10.2 Å². The number of rotatable bonds is 4. The van der Waals surface area contributed by atoms with Crippen LogP contribution in [0.15, 0.2) is 43.1 Å². The highest BCUT2D eigenvalue weighted by Crippen LogP contribution is 2.23. The second kappa shape index (κ2) is 7.48. The zero-order valence-electron chi connectivity index (χ0n) is 15.0. The van der Waals surface area contributed by atoms with Crippen molar-refractivity contribution in [2.75, 3.05) is 23.3 Å². The van der Waals surface area contributed by atoms with Crippen molar-refractivity contribution in [2.45, 2.75) is 19.8 Å². The van der Waals surface area contributed by atoms with Gasteiger partial charge in [-0.15, -0.1) is 10.2 Å². The Kier molecular flexibility index (Phi) is 4.73. The monoisotopic (exact) mass is 364 g/mol. The lowest BCUT2D eigenvalue weighted by molar-refractivity contribution is -0.120. The maximum atomic E-state index is 12.5. The number of aryl methyl sites for hydroxylation is 1. The lowest BCUT2D eigenvalue weighted by Gasteiger charge is -2.31. The first-order valence-corrected chi connectivity index (χ1v) is 8.86. The summed E-state index contributed by atoms with van der Waals surface area (Å²) >= 11 is 0. The maximum absolute atomic E-state index is 12.5. The van der Waals surface area contributed by atoms with Crippen molar-refractivity contribution < 1.29 is 4.79 Å². The van der Waals surface area contributed by atoms with Gasteiger partial charge in [0.1, 0.15) is 18.5 Å². The molecule has 138 valence electrons. The first-order chi connectivity index (χ1) is 13.2. The largest absolute Gasteiger partial charge is 0.355 e. The number of nitrogens with zero attached hydrogens (tertiary/aromatic N) is 7. The number of carbonyl (C=O) groups excluding carboxylic acids is 1. The number of piperidine rings is 1. The molecule has 0 aromatic carbocycles. The molecule has 9 nitrogen and oxygen atoms in total. The van der Waals surface area contributed by atoms with Crippen LogP contribution in [0.4, 0.5) is 11.6 Å². The predicted octanol–water partition coefficient (Wildman–Crippen LogP) is 1.62. The van der Waals surface area contributed by atoms with Gasteiger partial charge in [-0.25, -0.2) is 14.6 Å². The van der Waals surface area contributed by atoms with Crippen LogP contribution in [0.2, 0.25) is 0 Å². The minimum Gasteiger partial charge on any atom is -0.355 e. The van der Waals surface area contributed by atoms with E-state index in [-0.39, 0.29) is 11.8 Å². The number of amides is 1. The fourth-order valence-corrected chi connectivity index (χ4v) is 3.14. The summed E-state index contributed by atoms with van der Waals surface area (Å²) in [7, 11) is 0. The summed E-state index contributed by atoms with van der Waals surface area (Å²) in [6.07, 6.45) is 6.28. The number of aromatic nitrogens is 6. The van der Waals surface area contributed by atoms with Crippen molar-refractivity contribution in [3.8, 4) is 5.82 Å². The Balaban J connectivity index is 1.34. The number of anilines is 2. The molecule has 1 saturated heterocycles. The number of hydrogen-bond acceptors (Lipinski definition) is 7. The first-order valence-electron chi connectivity index (χ1n) is 8.86. The molecule has 1 fully saturated rings. The van der Waals surface area contributed by atoms with Crippen LogP contribution >= 0.6 is 0 Å². The molecule has 1 N–H and O–H groups in total. The van der Waals surface area contributed by atoms with Gasteiger partial charge in [-0.1, -0.05) is 0 Å². The normalized spacial score (nSPS) is 14.9. The topological polar surface area (TPSA) is 102 Å². The van der Waals surface area contributed by atoms with E-state index in [1.54, 1.807) is 17.2 Å². The standard InChI is InChI=1S/C18H20N8O/c1-13-4-7-20-15(10-13)22-18(27)14-5-8-25(9-6-14)16-2-3-17(24-23-16)26-12-19-11-21-26/h2-4,7,10-12,14H,5-6,8-9H2,1H3,(H,20,22,27). The number of pyridine rings is 1. The van der Waals surface area contributed by atoms with Crippen molar-refractivity contribution in [1.29, 1.82) is 0 Å². The molecule has 0 saturated carbocycles. The smallest absolute Gasteiger partial charge is 0.228 e. The quantitative estimate of drug-likeness (QED) is 0.750. The van der Waals surface area contributed by atoms with Crippen LogP contribution in [0, 0.1) is 12.8 Å². The zero-order chi connectivity index (χ0) is 18.6. The summed E-state index contributed by atoms with van der Waals surface area (Å²) in [4.78, 5) is 22.7. The van der Waals surface area contributed by atoms with Crippen LogP contribution in [-0.2, 0) is 4.79 Å². The van der Waals surface area contributed by atoms with E-state index in [0.717, 1.165) is 37.3 Å². The Bertz CT molecular complexity index is 901. The van der Waals surface area contributed by atoms with E-state index in [4.69, 9.17) is 0 Å². The van der Waals surface area contributed by atoms with Gasteiger partial charge >= 0.3 is 0 Å². The summed E-state index contributed by atoms with van der Waals surface area (Å²) in [6.45, 7) is 3.50. The zero-order valence-corrected chi connectivity index (χ0v) is 15.0. The van der Waals surface area contributed by atoms with Gasteiger partial charge in [0.05, 0.1) is 0 Å². The third-order valence-corrected chi connectivity index (χ3v) is 4.65. The van der Waals surface area contributed by atoms with Gasteiger partial charge in [-0.3, -0.25) is 4.79 Å². The van der Waals surface area contributed by atoms with E-state index in [9.17, 15) is 4.79 Å². The Morgan fingerprint density at radius 3 is 2.59 bits per heavy atom. The number of carbonyl (C=O) groups is 1. The highest BCUT2D eigenvalue weighted by atomic mass is 16.1. The fraction of sp³-hybridized carbons (Fsp3) is 0.333. The molecule has 4 rings (SSSR count). The van der Waals surface area contributed by atoms with E-state index < -0.39 is 0 Å². The van der Waals surface area contributed by atoms with Crippen molar-refractivity contribution in [3.63, 3.8) is 0 Å². The number of hydrogen-bond donors (Lipinski definition) is 1. The van der Waals surface area contributed by atoms with Gasteiger partial charge in [0.25, 0.3) is 0 Å². The van der Waals surface area contributed by atoms with Gasteiger partial charge in [-0.05, 0) is 49.6 Å².